The van der Waals surface area contributed by atoms with Crippen molar-refractivity contribution in [3.8, 4) is 23.7 Å². The molecule has 15 heavy (non-hydrogen) atoms. The SMILES string of the molecule is CC#CCNc1ccc(C#N)cc1OC. The molecule has 0 heterocycles. The smallest absolute Gasteiger partial charge is 0.143 e. The van der Waals surface area contributed by atoms with E-state index in [9.17, 15) is 0 Å². The molecule has 0 aliphatic carbocycles. The van der Waals surface area contributed by atoms with Crippen molar-refractivity contribution < 1.29 is 4.74 Å². The molecule has 0 radical (unpaired) electrons. The van der Waals surface area contributed by atoms with Crippen LogP contribution in [-0.4, -0.2) is 13.7 Å². The van der Waals surface area contributed by atoms with Gasteiger partial charge in [0, 0.05) is 6.07 Å². The summed E-state index contributed by atoms with van der Waals surface area (Å²) in [6.45, 7) is 2.36. The van der Waals surface area contributed by atoms with Crippen LogP contribution < -0.4 is 10.1 Å². The van der Waals surface area contributed by atoms with Crippen LogP contribution in [0.1, 0.15) is 12.5 Å². The highest BCUT2D eigenvalue weighted by atomic mass is 16.5. The highest BCUT2D eigenvalue weighted by molar-refractivity contribution is 5.59. The van der Waals surface area contributed by atoms with Crippen molar-refractivity contribution >= 4 is 5.69 Å². The number of anilines is 1. The Morgan fingerprint density at radius 3 is 2.87 bits per heavy atom. The molecular weight excluding hydrogens is 188 g/mol. The van der Waals surface area contributed by atoms with Gasteiger partial charge in [-0.15, -0.1) is 5.92 Å². The lowest BCUT2D eigenvalue weighted by molar-refractivity contribution is 0.416. The molecule has 0 aliphatic rings. The average molecular weight is 200 g/mol. The van der Waals surface area contributed by atoms with Crippen molar-refractivity contribution in [3.63, 3.8) is 0 Å². The average Bonchev–Trinajstić information content (AvgIpc) is 2.29. The lowest BCUT2D eigenvalue weighted by Crippen LogP contribution is -2.01. The van der Waals surface area contributed by atoms with Gasteiger partial charge in [0.1, 0.15) is 5.75 Å². The van der Waals surface area contributed by atoms with Gasteiger partial charge in [-0.2, -0.15) is 5.26 Å². The fraction of sp³-hybridized carbons (Fsp3) is 0.250. The third-order valence-corrected chi connectivity index (χ3v) is 1.87. The predicted molar refractivity (Wildman–Crippen MR) is 59.6 cm³/mol. The molecule has 1 aromatic rings. The number of benzene rings is 1. The largest absolute Gasteiger partial charge is 0.495 e. The minimum Gasteiger partial charge on any atom is -0.495 e. The maximum atomic E-state index is 8.71. The maximum Gasteiger partial charge on any atom is 0.143 e. The molecule has 76 valence electrons. The fourth-order valence-electron chi connectivity index (χ4n) is 1.13. The van der Waals surface area contributed by atoms with Gasteiger partial charge in [0.2, 0.25) is 0 Å². The lowest BCUT2D eigenvalue weighted by Gasteiger charge is -2.08. The number of methoxy groups -OCH3 is 1. The molecule has 0 amide bonds. The molecule has 0 saturated carbocycles. The molecule has 0 spiro atoms. The Labute approximate surface area is 89.7 Å². The summed E-state index contributed by atoms with van der Waals surface area (Å²) < 4.78 is 5.16. The molecule has 0 aromatic heterocycles. The second-order valence-electron chi connectivity index (χ2n) is 2.81. The van der Waals surface area contributed by atoms with Crippen LogP contribution in [0, 0.1) is 23.2 Å². The van der Waals surface area contributed by atoms with Crippen molar-refractivity contribution in [1.82, 2.24) is 0 Å². The second-order valence-corrected chi connectivity index (χ2v) is 2.81. The minimum atomic E-state index is 0.568. The van der Waals surface area contributed by atoms with E-state index in [2.05, 4.69) is 23.2 Å². The maximum absolute atomic E-state index is 8.71. The van der Waals surface area contributed by atoms with Gasteiger partial charge in [0.05, 0.1) is 31.0 Å². The van der Waals surface area contributed by atoms with Gasteiger partial charge in [-0.3, -0.25) is 0 Å². The van der Waals surface area contributed by atoms with Gasteiger partial charge >= 0.3 is 0 Å². The van der Waals surface area contributed by atoms with Crippen LogP contribution in [0.5, 0.6) is 5.75 Å². The highest BCUT2D eigenvalue weighted by Gasteiger charge is 2.02. The molecular formula is C12H12N2O. The second kappa shape index (κ2) is 5.57. The van der Waals surface area contributed by atoms with Crippen LogP contribution in [0.3, 0.4) is 0 Å². The number of hydrogen-bond acceptors (Lipinski definition) is 3. The third kappa shape index (κ3) is 2.93. The Bertz CT molecular complexity index is 435. The summed E-state index contributed by atoms with van der Waals surface area (Å²) in [6, 6.07) is 7.31. The van der Waals surface area contributed by atoms with Crippen LogP contribution in [0.25, 0.3) is 0 Å². The van der Waals surface area contributed by atoms with Crippen LogP contribution in [0.2, 0.25) is 0 Å². The lowest BCUT2D eigenvalue weighted by atomic mass is 10.2. The molecule has 1 rings (SSSR count). The van der Waals surface area contributed by atoms with Crippen molar-refractivity contribution in [2.75, 3.05) is 19.0 Å². The number of rotatable bonds is 3. The van der Waals surface area contributed by atoms with E-state index in [1.807, 2.05) is 6.07 Å². The zero-order valence-electron chi connectivity index (χ0n) is 8.79. The first-order valence-corrected chi connectivity index (χ1v) is 4.53. The van der Waals surface area contributed by atoms with Crippen molar-refractivity contribution in [3.05, 3.63) is 23.8 Å². The van der Waals surface area contributed by atoms with Crippen molar-refractivity contribution in [1.29, 1.82) is 5.26 Å². The van der Waals surface area contributed by atoms with E-state index in [4.69, 9.17) is 10.00 Å². The van der Waals surface area contributed by atoms with Gasteiger partial charge in [-0.05, 0) is 19.1 Å². The first kappa shape index (κ1) is 10.9. The Hall–Kier alpha value is -2.13. The molecule has 0 atom stereocenters. The Balaban J connectivity index is 2.87. The standard InChI is InChI=1S/C12H12N2O/c1-3-4-7-14-11-6-5-10(9-13)8-12(11)15-2/h5-6,8,14H,7H2,1-2H3. The van der Waals surface area contributed by atoms with E-state index < -0.39 is 0 Å². The molecule has 0 aliphatic heterocycles. The number of nitriles is 1. The highest BCUT2D eigenvalue weighted by Crippen LogP contribution is 2.24. The number of hydrogen-bond donors (Lipinski definition) is 1. The molecule has 3 nitrogen and oxygen atoms in total. The summed E-state index contributed by atoms with van der Waals surface area (Å²) in [5.41, 5.74) is 1.43. The van der Waals surface area contributed by atoms with Gasteiger partial charge < -0.3 is 10.1 Å². The first-order valence-electron chi connectivity index (χ1n) is 4.53. The number of nitrogens with zero attached hydrogens (tertiary/aromatic N) is 1. The van der Waals surface area contributed by atoms with E-state index in [0.717, 1.165) is 5.69 Å². The molecule has 0 bridgehead atoms. The molecule has 0 fully saturated rings. The molecule has 0 unspecified atom stereocenters. The molecule has 1 aromatic carbocycles. The zero-order chi connectivity index (χ0) is 11.1. The fourth-order valence-corrected chi connectivity index (χ4v) is 1.13. The molecule has 0 saturated heterocycles. The summed E-state index contributed by atoms with van der Waals surface area (Å²) in [4.78, 5) is 0. The zero-order valence-corrected chi connectivity index (χ0v) is 8.79. The number of ether oxygens (including phenoxy) is 1. The van der Waals surface area contributed by atoms with Crippen LogP contribution in [0.15, 0.2) is 18.2 Å². The van der Waals surface area contributed by atoms with Gasteiger partial charge in [-0.25, -0.2) is 0 Å². The quantitative estimate of drug-likeness (QED) is 0.759. The minimum absolute atomic E-state index is 0.568. The summed E-state index contributed by atoms with van der Waals surface area (Å²) in [6.07, 6.45) is 0. The van der Waals surface area contributed by atoms with Gasteiger partial charge in [0.15, 0.2) is 0 Å². The topological polar surface area (TPSA) is 45.0 Å². The third-order valence-electron chi connectivity index (χ3n) is 1.87. The Kier molecular flexibility index (Phi) is 4.06. The summed E-state index contributed by atoms with van der Waals surface area (Å²) in [7, 11) is 1.58. The monoisotopic (exact) mass is 200 g/mol. The van der Waals surface area contributed by atoms with Crippen molar-refractivity contribution in [2.24, 2.45) is 0 Å². The Morgan fingerprint density at radius 1 is 1.47 bits per heavy atom. The first-order chi connectivity index (χ1) is 7.31. The van der Waals surface area contributed by atoms with Crippen molar-refractivity contribution in [2.45, 2.75) is 6.92 Å². The van der Waals surface area contributed by atoms with E-state index in [1.54, 1.807) is 26.2 Å². The summed E-state index contributed by atoms with van der Waals surface area (Å²) in [5.74, 6) is 6.35. The Morgan fingerprint density at radius 2 is 2.27 bits per heavy atom. The molecule has 1 N–H and O–H groups in total. The van der Waals surface area contributed by atoms with E-state index in [1.165, 1.54) is 0 Å². The van der Waals surface area contributed by atoms with E-state index in [0.29, 0.717) is 17.9 Å². The van der Waals surface area contributed by atoms with E-state index in [-0.39, 0.29) is 0 Å². The summed E-state index contributed by atoms with van der Waals surface area (Å²) >= 11 is 0. The van der Waals surface area contributed by atoms with Crippen LogP contribution >= 0.6 is 0 Å². The van der Waals surface area contributed by atoms with Gasteiger partial charge in [0.25, 0.3) is 0 Å². The van der Waals surface area contributed by atoms with Gasteiger partial charge in [-0.1, -0.05) is 5.92 Å². The van der Waals surface area contributed by atoms with E-state index >= 15 is 0 Å². The molecule has 3 heteroatoms. The van der Waals surface area contributed by atoms with Crippen LogP contribution in [0.4, 0.5) is 5.69 Å². The number of nitrogens with one attached hydrogen (secondary N) is 1. The van der Waals surface area contributed by atoms with Crippen LogP contribution in [-0.2, 0) is 0 Å². The summed E-state index contributed by atoms with van der Waals surface area (Å²) in [5, 5.41) is 11.8. The predicted octanol–water partition coefficient (Wildman–Crippen LogP) is 2.00. The normalized spacial score (nSPS) is 8.33.